The predicted octanol–water partition coefficient (Wildman–Crippen LogP) is 2.53. The number of hydrogen-bond donors (Lipinski definition) is 0. The first-order valence-electron chi connectivity index (χ1n) is 4.30. The van der Waals surface area contributed by atoms with Gasteiger partial charge in [-0.05, 0) is 0 Å². The second kappa shape index (κ2) is 4.94. The van der Waals surface area contributed by atoms with Crippen molar-refractivity contribution in [3.8, 4) is 5.75 Å². The van der Waals surface area contributed by atoms with E-state index in [9.17, 15) is 35.5 Å². The van der Waals surface area contributed by atoms with Crippen LogP contribution in [0.25, 0.3) is 0 Å². The zero-order chi connectivity index (χ0) is 15.0. The third-order valence-corrected chi connectivity index (χ3v) is 1.82. The average Bonchev–Trinajstić information content (AvgIpc) is 2.38. The van der Waals surface area contributed by atoms with Gasteiger partial charge in [0.25, 0.3) is 0 Å². The number of methoxy groups -OCH3 is 1. The molecule has 0 unspecified atom stereocenters. The molecule has 1 aromatic rings. The number of hydrogen-bond acceptors (Lipinski definition) is 3. The molecule has 0 aliphatic rings. The summed E-state index contributed by atoms with van der Waals surface area (Å²) in [5.74, 6) is -17.5. The van der Waals surface area contributed by atoms with Crippen molar-refractivity contribution in [3.05, 3.63) is 29.1 Å². The molecule has 0 aliphatic carbocycles. The van der Waals surface area contributed by atoms with Crippen LogP contribution in [0.15, 0.2) is 0 Å². The summed E-state index contributed by atoms with van der Waals surface area (Å²) >= 11 is 0. The quantitative estimate of drug-likeness (QED) is 0.372. The van der Waals surface area contributed by atoms with Crippen LogP contribution in [0, 0.1) is 29.1 Å². The van der Waals surface area contributed by atoms with Gasteiger partial charge in [-0.2, -0.15) is 17.6 Å². The van der Waals surface area contributed by atoms with Crippen LogP contribution < -0.4 is 4.74 Å². The molecule has 1 aromatic carbocycles. The fraction of sp³-hybridized carbons (Fsp3) is 0.222. The molecular formula is C9H3F7O3. The van der Waals surface area contributed by atoms with Crippen LogP contribution in [0.5, 0.6) is 5.75 Å². The molecule has 0 saturated heterocycles. The van der Waals surface area contributed by atoms with E-state index in [1.54, 1.807) is 0 Å². The van der Waals surface area contributed by atoms with E-state index < -0.39 is 46.9 Å². The number of carbonyl (C=O) groups excluding carboxylic acids is 1. The van der Waals surface area contributed by atoms with Gasteiger partial charge in [0.15, 0.2) is 0 Å². The van der Waals surface area contributed by atoms with Crippen LogP contribution in [-0.4, -0.2) is 19.2 Å². The van der Waals surface area contributed by atoms with Crippen molar-refractivity contribution in [2.24, 2.45) is 0 Å². The number of ether oxygens (including phenoxy) is 2. The smallest absolute Gasteiger partial charge is 0.462 e. The molecule has 0 N–H and O–H groups in total. The van der Waals surface area contributed by atoms with Crippen LogP contribution in [-0.2, 0) is 9.53 Å². The fourth-order valence-corrected chi connectivity index (χ4v) is 0.963. The maximum absolute atomic E-state index is 13.0. The molecule has 0 saturated carbocycles. The number of rotatable bonds is 3. The lowest BCUT2D eigenvalue weighted by molar-refractivity contribution is -0.215. The molecule has 1 rings (SSSR count). The molecule has 0 heterocycles. The molecule has 0 fully saturated rings. The predicted molar refractivity (Wildman–Crippen MR) is 43.8 cm³/mol. The van der Waals surface area contributed by atoms with Crippen molar-refractivity contribution >= 4 is 5.97 Å². The van der Waals surface area contributed by atoms with Crippen LogP contribution >= 0.6 is 0 Å². The van der Waals surface area contributed by atoms with Crippen molar-refractivity contribution in [1.82, 2.24) is 0 Å². The SMILES string of the molecule is COC(=O)C(F)(F)Oc1c(F)c(F)c(F)c(F)c1F. The molecule has 0 radical (unpaired) electrons. The van der Waals surface area contributed by atoms with Crippen LogP contribution in [0.1, 0.15) is 0 Å². The monoisotopic (exact) mass is 292 g/mol. The second-order valence-electron chi connectivity index (χ2n) is 3.01. The van der Waals surface area contributed by atoms with Gasteiger partial charge in [0.05, 0.1) is 7.11 Å². The molecule has 0 aliphatic heterocycles. The lowest BCUT2D eigenvalue weighted by atomic mass is 10.2. The third kappa shape index (κ3) is 2.56. The molecule has 0 atom stereocenters. The first-order chi connectivity index (χ1) is 8.63. The summed E-state index contributed by atoms with van der Waals surface area (Å²) in [5, 5.41) is 0. The molecule has 3 nitrogen and oxygen atoms in total. The van der Waals surface area contributed by atoms with E-state index in [1.807, 2.05) is 0 Å². The van der Waals surface area contributed by atoms with Crippen LogP contribution in [0.2, 0.25) is 0 Å². The zero-order valence-corrected chi connectivity index (χ0v) is 8.87. The Bertz CT molecular complexity index is 500. The van der Waals surface area contributed by atoms with Crippen molar-refractivity contribution < 1.29 is 45.0 Å². The standard InChI is InChI=1S/C9H3F7O3/c1-18-8(17)9(15,16)19-7-5(13)3(11)2(10)4(12)6(7)14/h1H3. The first kappa shape index (κ1) is 15.1. The zero-order valence-electron chi connectivity index (χ0n) is 8.87. The highest BCUT2D eigenvalue weighted by Crippen LogP contribution is 2.32. The molecule has 0 amide bonds. The summed E-state index contributed by atoms with van der Waals surface area (Å²) < 4.78 is 96.3. The van der Waals surface area contributed by atoms with E-state index in [0.717, 1.165) is 0 Å². The number of halogens is 7. The van der Waals surface area contributed by atoms with Crippen molar-refractivity contribution in [1.29, 1.82) is 0 Å². The molecule has 106 valence electrons. The largest absolute Gasteiger partial charge is 0.502 e. The molecular weight excluding hydrogens is 289 g/mol. The van der Waals surface area contributed by atoms with Crippen LogP contribution in [0.3, 0.4) is 0 Å². The Morgan fingerprint density at radius 3 is 1.63 bits per heavy atom. The number of benzene rings is 1. The molecule has 0 spiro atoms. The van der Waals surface area contributed by atoms with Gasteiger partial charge in [-0.25, -0.2) is 18.0 Å². The van der Waals surface area contributed by atoms with E-state index in [1.165, 1.54) is 0 Å². The summed E-state index contributed by atoms with van der Waals surface area (Å²) in [5.41, 5.74) is 0. The van der Waals surface area contributed by atoms with Gasteiger partial charge in [-0.15, -0.1) is 0 Å². The normalized spacial score (nSPS) is 11.4. The summed E-state index contributed by atoms with van der Waals surface area (Å²) in [6.45, 7) is 0. The van der Waals surface area contributed by atoms with E-state index in [0.29, 0.717) is 7.11 Å². The number of esters is 1. The lowest BCUT2D eigenvalue weighted by Gasteiger charge is -2.16. The highest BCUT2D eigenvalue weighted by Gasteiger charge is 2.46. The minimum atomic E-state index is -4.92. The van der Waals surface area contributed by atoms with E-state index in [4.69, 9.17) is 0 Å². The van der Waals surface area contributed by atoms with Crippen molar-refractivity contribution in [2.75, 3.05) is 7.11 Å². The number of carbonyl (C=O) groups is 1. The average molecular weight is 292 g/mol. The van der Waals surface area contributed by atoms with Gasteiger partial charge < -0.3 is 9.47 Å². The summed E-state index contributed by atoms with van der Waals surface area (Å²) in [6, 6.07) is 0. The van der Waals surface area contributed by atoms with Gasteiger partial charge in [0.2, 0.25) is 34.8 Å². The first-order valence-corrected chi connectivity index (χ1v) is 4.30. The van der Waals surface area contributed by atoms with Crippen LogP contribution in [0.4, 0.5) is 30.7 Å². The van der Waals surface area contributed by atoms with Crippen molar-refractivity contribution in [2.45, 2.75) is 6.11 Å². The highest BCUT2D eigenvalue weighted by atomic mass is 19.3. The minimum Gasteiger partial charge on any atom is -0.462 e. The Morgan fingerprint density at radius 2 is 1.26 bits per heavy atom. The van der Waals surface area contributed by atoms with E-state index in [2.05, 4.69) is 9.47 Å². The summed E-state index contributed by atoms with van der Waals surface area (Å²) in [7, 11) is 0.498. The Balaban J connectivity index is 3.34. The van der Waals surface area contributed by atoms with Gasteiger partial charge >= 0.3 is 12.1 Å². The Kier molecular flexibility index (Phi) is 3.91. The molecule has 0 aromatic heterocycles. The second-order valence-corrected chi connectivity index (χ2v) is 3.01. The molecule has 10 heteroatoms. The molecule has 19 heavy (non-hydrogen) atoms. The maximum Gasteiger partial charge on any atom is 0.502 e. The summed E-state index contributed by atoms with van der Waals surface area (Å²) in [4.78, 5) is 10.5. The fourth-order valence-electron chi connectivity index (χ4n) is 0.963. The van der Waals surface area contributed by atoms with Gasteiger partial charge in [0.1, 0.15) is 0 Å². The van der Waals surface area contributed by atoms with Gasteiger partial charge in [-0.3, -0.25) is 0 Å². The van der Waals surface area contributed by atoms with Gasteiger partial charge in [-0.1, -0.05) is 0 Å². The Hall–Kier alpha value is -2.00. The highest BCUT2D eigenvalue weighted by molar-refractivity contribution is 5.76. The maximum atomic E-state index is 13.0. The topological polar surface area (TPSA) is 35.5 Å². The summed E-state index contributed by atoms with van der Waals surface area (Å²) in [6.07, 6.45) is -4.92. The Labute approximate surface area is 100 Å². The minimum absolute atomic E-state index is 0.498. The Morgan fingerprint density at radius 1 is 0.895 bits per heavy atom. The molecule has 0 bridgehead atoms. The number of alkyl halides is 2. The lowest BCUT2D eigenvalue weighted by Crippen LogP contribution is -2.37. The van der Waals surface area contributed by atoms with Crippen molar-refractivity contribution in [3.63, 3.8) is 0 Å². The third-order valence-electron chi connectivity index (χ3n) is 1.82. The van der Waals surface area contributed by atoms with E-state index >= 15 is 0 Å². The van der Waals surface area contributed by atoms with Gasteiger partial charge in [0, 0.05) is 0 Å². The van der Waals surface area contributed by atoms with E-state index in [-0.39, 0.29) is 0 Å².